The van der Waals surface area contributed by atoms with Gasteiger partial charge >= 0.3 is 0 Å². The lowest BCUT2D eigenvalue weighted by molar-refractivity contribution is -0.122. The van der Waals surface area contributed by atoms with E-state index in [1.165, 1.54) is 12.1 Å². The summed E-state index contributed by atoms with van der Waals surface area (Å²) >= 11 is 1.56. The average Bonchev–Trinajstić information content (AvgIpc) is 2.81. The second-order valence-corrected chi connectivity index (χ2v) is 10.4. The highest BCUT2D eigenvalue weighted by Crippen LogP contribution is 2.22. The van der Waals surface area contributed by atoms with Gasteiger partial charge in [0.15, 0.2) is 0 Å². The van der Waals surface area contributed by atoms with Gasteiger partial charge < -0.3 is 10.4 Å². The first kappa shape index (κ1) is 24.8. The van der Waals surface area contributed by atoms with Gasteiger partial charge in [0.1, 0.15) is 11.8 Å². The van der Waals surface area contributed by atoms with E-state index in [4.69, 9.17) is 0 Å². The molecule has 174 valence electrons. The number of hydrogen-bond acceptors (Lipinski definition) is 5. The van der Waals surface area contributed by atoms with Crippen molar-refractivity contribution in [3.63, 3.8) is 0 Å². The molecule has 1 unspecified atom stereocenters. The summed E-state index contributed by atoms with van der Waals surface area (Å²) in [7, 11) is -3.81. The molecule has 1 amide bonds. The monoisotopic (exact) mass is 484 g/mol. The van der Waals surface area contributed by atoms with Crippen molar-refractivity contribution in [3.05, 3.63) is 83.9 Å². The zero-order chi connectivity index (χ0) is 23.8. The predicted molar refractivity (Wildman–Crippen MR) is 134 cm³/mol. The van der Waals surface area contributed by atoms with E-state index in [1.807, 2.05) is 49.6 Å². The molecule has 3 aromatic carbocycles. The van der Waals surface area contributed by atoms with Gasteiger partial charge in [-0.3, -0.25) is 4.79 Å². The third-order valence-electron chi connectivity index (χ3n) is 5.18. The number of phenols is 1. The zero-order valence-corrected chi connectivity index (χ0v) is 20.2. The van der Waals surface area contributed by atoms with Crippen molar-refractivity contribution in [2.24, 2.45) is 0 Å². The van der Waals surface area contributed by atoms with E-state index in [2.05, 4.69) is 10.0 Å². The molecule has 33 heavy (non-hydrogen) atoms. The van der Waals surface area contributed by atoms with Crippen molar-refractivity contribution in [1.82, 2.24) is 10.0 Å². The molecule has 0 aromatic heterocycles. The molecule has 6 nitrogen and oxygen atoms in total. The number of carbonyl (C=O) groups excluding carboxylic acids is 1. The van der Waals surface area contributed by atoms with E-state index in [1.54, 1.807) is 36.0 Å². The lowest BCUT2D eigenvalue weighted by atomic mass is 10.0. The lowest BCUT2D eigenvalue weighted by Crippen LogP contribution is -2.46. The van der Waals surface area contributed by atoms with Crippen LogP contribution >= 0.6 is 11.8 Å². The molecular weight excluding hydrogens is 456 g/mol. The normalized spacial score (nSPS) is 12.3. The second kappa shape index (κ2) is 11.4. The smallest absolute Gasteiger partial charge is 0.241 e. The number of rotatable bonds is 10. The minimum atomic E-state index is -3.81. The Balaban J connectivity index is 1.64. The summed E-state index contributed by atoms with van der Waals surface area (Å²) in [6.07, 6.45) is 2.30. The van der Waals surface area contributed by atoms with E-state index in [0.717, 1.165) is 22.3 Å². The van der Waals surface area contributed by atoms with Gasteiger partial charge in [-0.1, -0.05) is 54.1 Å². The maximum absolute atomic E-state index is 12.8. The highest BCUT2D eigenvalue weighted by atomic mass is 32.2. The van der Waals surface area contributed by atoms with Crippen LogP contribution in [0.15, 0.2) is 77.7 Å². The van der Waals surface area contributed by atoms with Gasteiger partial charge in [0.2, 0.25) is 15.9 Å². The van der Waals surface area contributed by atoms with Crippen molar-refractivity contribution in [2.75, 3.05) is 12.0 Å². The molecule has 0 spiro atoms. The van der Waals surface area contributed by atoms with E-state index >= 15 is 0 Å². The molecular formula is C25H28N2O4S2. The molecule has 0 aliphatic carbocycles. The third kappa shape index (κ3) is 7.08. The van der Waals surface area contributed by atoms with Crippen LogP contribution in [0.5, 0.6) is 5.75 Å². The fraction of sp³-hybridized carbons (Fsp3) is 0.240. The molecule has 0 aliphatic rings. The molecule has 0 bridgehead atoms. The number of aromatic hydroxyl groups is 1. The summed E-state index contributed by atoms with van der Waals surface area (Å²) in [5.74, 6) is 0.505. The van der Waals surface area contributed by atoms with Crippen LogP contribution in [0.2, 0.25) is 0 Å². The fourth-order valence-corrected chi connectivity index (χ4v) is 4.93. The second-order valence-electron chi connectivity index (χ2n) is 7.73. The van der Waals surface area contributed by atoms with Crippen molar-refractivity contribution < 1.29 is 18.3 Å². The first-order chi connectivity index (χ1) is 15.8. The molecule has 3 aromatic rings. The Labute approximate surface area is 199 Å². The third-order valence-corrected chi connectivity index (χ3v) is 7.31. The fourth-order valence-electron chi connectivity index (χ4n) is 3.23. The van der Waals surface area contributed by atoms with Gasteiger partial charge in [0.05, 0.1) is 4.90 Å². The number of aryl methyl sites for hydroxylation is 1. The molecule has 1 atom stereocenters. The summed E-state index contributed by atoms with van der Waals surface area (Å²) in [5.41, 5.74) is 3.83. The van der Waals surface area contributed by atoms with Crippen LogP contribution in [0.4, 0.5) is 0 Å². The number of thioether (sulfide) groups is 1. The van der Waals surface area contributed by atoms with E-state index in [0.29, 0.717) is 12.2 Å². The molecule has 0 aliphatic heterocycles. The average molecular weight is 485 g/mol. The van der Waals surface area contributed by atoms with Gasteiger partial charge in [-0.25, -0.2) is 8.42 Å². The van der Waals surface area contributed by atoms with E-state index in [-0.39, 0.29) is 23.1 Å². The molecule has 0 radical (unpaired) electrons. The van der Waals surface area contributed by atoms with E-state index < -0.39 is 16.1 Å². The highest BCUT2D eigenvalue weighted by Gasteiger charge is 2.25. The van der Waals surface area contributed by atoms with Gasteiger partial charge in [0, 0.05) is 6.54 Å². The lowest BCUT2D eigenvalue weighted by Gasteiger charge is -2.18. The van der Waals surface area contributed by atoms with Gasteiger partial charge in [-0.2, -0.15) is 16.5 Å². The Hall–Kier alpha value is -2.81. The van der Waals surface area contributed by atoms with Crippen LogP contribution in [-0.4, -0.2) is 37.5 Å². The van der Waals surface area contributed by atoms with Crippen molar-refractivity contribution >= 4 is 27.7 Å². The standard InChI is InChI=1S/C25H28N2O4S2/c1-18-3-13-23(14-4-18)33(30,31)27-24(15-16-32-2)25(29)26-17-19-5-7-20(8-6-19)21-9-11-22(28)12-10-21/h3-14,24,27-28H,15-17H2,1-2H3,(H,26,29). The summed E-state index contributed by atoms with van der Waals surface area (Å²) in [4.78, 5) is 13.0. The van der Waals surface area contributed by atoms with Crippen LogP contribution in [0, 0.1) is 6.92 Å². The largest absolute Gasteiger partial charge is 0.508 e. The molecule has 3 rings (SSSR count). The summed E-state index contributed by atoms with van der Waals surface area (Å²) < 4.78 is 28.1. The topological polar surface area (TPSA) is 95.5 Å². The Kier molecular flexibility index (Phi) is 8.55. The Bertz CT molecular complexity index is 1160. The van der Waals surface area contributed by atoms with Crippen LogP contribution in [0.25, 0.3) is 11.1 Å². The summed E-state index contributed by atoms with van der Waals surface area (Å²) in [5, 5.41) is 12.3. The molecule has 8 heteroatoms. The Morgan fingerprint density at radius 1 is 0.939 bits per heavy atom. The molecule has 0 saturated heterocycles. The van der Waals surface area contributed by atoms with Crippen LogP contribution in [0.3, 0.4) is 0 Å². The quantitative estimate of drug-likeness (QED) is 0.403. The molecule has 3 N–H and O–H groups in total. The Morgan fingerprint density at radius 2 is 1.52 bits per heavy atom. The molecule has 0 saturated carbocycles. The maximum atomic E-state index is 12.8. The van der Waals surface area contributed by atoms with E-state index in [9.17, 15) is 18.3 Å². The van der Waals surface area contributed by atoms with Crippen LogP contribution in [-0.2, 0) is 21.4 Å². The van der Waals surface area contributed by atoms with Gasteiger partial charge in [-0.05, 0) is 66.3 Å². The van der Waals surface area contributed by atoms with Crippen molar-refractivity contribution in [3.8, 4) is 16.9 Å². The SMILES string of the molecule is CSCCC(NS(=O)(=O)c1ccc(C)cc1)C(=O)NCc1ccc(-c2ccc(O)cc2)cc1. The van der Waals surface area contributed by atoms with Crippen molar-refractivity contribution in [1.29, 1.82) is 0 Å². The minimum Gasteiger partial charge on any atom is -0.508 e. The molecule has 0 heterocycles. The first-order valence-corrected chi connectivity index (χ1v) is 13.4. The molecule has 0 fully saturated rings. The minimum absolute atomic E-state index is 0.139. The van der Waals surface area contributed by atoms with Gasteiger partial charge in [0.25, 0.3) is 0 Å². The number of hydrogen-bond donors (Lipinski definition) is 3. The predicted octanol–water partition coefficient (Wildman–Crippen LogP) is 4.08. The van der Waals surface area contributed by atoms with Crippen LogP contribution in [0.1, 0.15) is 17.5 Å². The van der Waals surface area contributed by atoms with Gasteiger partial charge in [-0.15, -0.1) is 0 Å². The number of carbonyl (C=O) groups is 1. The number of nitrogens with one attached hydrogen (secondary N) is 2. The van der Waals surface area contributed by atoms with Crippen LogP contribution < -0.4 is 10.0 Å². The Morgan fingerprint density at radius 3 is 2.09 bits per heavy atom. The maximum Gasteiger partial charge on any atom is 0.241 e. The zero-order valence-electron chi connectivity index (χ0n) is 18.6. The number of amides is 1. The summed E-state index contributed by atoms with van der Waals surface area (Å²) in [6, 6.07) is 20.3. The number of phenolic OH excluding ortho intramolecular Hbond substituents is 1. The number of sulfonamides is 1. The summed E-state index contributed by atoms with van der Waals surface area (Å²) in [6.45, 7) is 2.17. The highest BCUT2D eigenvalue weighted by molar-refractivity contribution is 7.98. The first-order valence-electron chi connectivity index (χ1n) is 10.5. The van der Waals surface area contributed by atoms with Crippen molar-refractivity contribution in [2.45, 2.75) is 30.8 Å². The number of benzene rings is 3.